The van der Waals surface area contributed by atoms with Gasteiger partial charge >= 0.3 is 0 Å². The minimum absolute atomic E-state index is 0.213. The predicted molar refractivity (Wildman–Crippen MR) is 85.1 cm³/mol. The second kappa shape index (κ2) is 5.62. The Morgan fingerprint density at radius 1 is 1.19 bits per heavy atom. The van der Waals surface area contributed by atoms with Crippen molar-refractivity contribution in [3.8, 4) is 0 Å². The average Bonchev–Trinajstić information content (AvgIpc) is 2.95. The van der Waals surface area contributed by atoms with Gasteiger partial charge in [-0.25, -0.2) is 0 Å². The van der Waals surface area contributed by atoms with Crippen LogP contribution in [0.4, 0.5) is 0 Å². The lowest BCUT2D eigenvalue weighted by Crippen LogP contribution is -2.28. The number of nitrogens with zero attached hydrogens (tertiary/aromatic N) is 3. The third kappa shape index (κ3) is 2.74. The van der Waals surface area contributed by atoms with E-state index in [4.69, 9.17) is 5.73 Å². The molecule has 2 aromatic rings. The first-order chi connectivity index (χ1) is 10.1. The van der Waals surface area contributed by atoms with Crippen molar-refractivity contribution in [3.05, 3.63) is 52.8 Å². The van der Waals surface area contributed by atoms with E-state index in [1.807, 2.05) is 11.7 Å². The fourth-order valence-electron chi connectivity index (χ4n) is 3.37. The fraction of sp³-hybridized carbons (Fsp3) is 0.471. The predicted octanol–water partition coefficient (Wildman–Crippen LogP) is 1.96. The summed E-state index contributed by atoms with van der Waals surface area (Å²) in [4.78, 5) is 2.46. The van der Waals surface area contributed by atoms with E-state index in [1.165, 1.54) is 16.8 Å². The smallest absolute Gasteiger partial charge is 0.0641 e. The quantitative estimate of drug-likeness (QED) is 0.937. The number of nitrogens with two attached hydrogens (primary N) is 1. The van der Waals surface area contributed by atoms with Crippen LogP contribution in [0.5, 0.6) is 0 Å². The number of benzene rings is 1. The highest BCUT2D eigenvalue weighted by atomic mass is 15.3. The monoisotopic (exact) mass is 284 g/mol. The molecule has 1 saturated heterocycles. The summed E-state index contributed by atoms with van der Waals surface area (Å²) in [7, 11) is 2.01. The van der Waals surface area contributed by atoms with E-state index in [0.717, 1.165) is 25.3 Å². The standard InChI is InChI=1S/C17H24N4/c1-12-15(13(2)20(3)19-12)9-21-10-16(17(18)11-21)14-7-5-4-6-8-14/h4-8,16-17H,9-11,18H2,1-3H3/t16-,17+/m0/s1. The maximum atomic E-state index is 6.37. The maximum absolute atomic E-state index is 6.37. The summed E-state index contributed by atoms with van der Waals surface area (Å²) in [5, 5.41) is 4.51. The number of likely N-dealkylation sites (tertiary alicyclic amines) is 1. The van der Waals surface area contributed by atoms with Gasteiger partial charge in [-0.3, -0.25) is 9.58 Å². The Hall–Kier alpha value is -1.65. The molecular weight excluding hydrogens is 260 g/mol. The topological polar surface area (TPSA) is 47.1 Å². The van der Waals surface area contributed by atoms with Crippen LogP contribution in [-0.4, -0.2) is 33.8 Å². The molecule has 2 atom stereocenters. The molecule has 0 spiro atoms. The van der Waals surface area contributed by atoms with Crippen LogP contribution in [0.25, 0.3) is 0 Å². The molecule has 0 unspecified atom stereocenters. The minimum Gasteiger partial charge on any atom is -0.326 e. The van der Waals surface area contributed by atoms with Crippen LogP contribution in [0.15, 0.2) is 30.3 Å². The van der Waals surface area contributed by atoms with Crippen LogP contribution in [0.1, 0.15) is 28.4 Å². The highest BCUT2D eigenvalue weighted by molar-refractivity contribution is 5.26. The zero-order valence-corrected chi connectivity index (χ0v) is 13.1. The number of hydrogen-bond donors (Lipinski definition) is 1. The Balaban J connectivity index is 1.74. The van der Waals surface area contributed by atoms with Gasteiger partial charge < -0.3 is 5.73 Å². The maximum Gasteiger partial charge on any atom is 0.0641 e. The number of aromatic nitrogens is 2. The summed E-state index contributed by atoms with van der Waals surface area (Å²) in [5.74, 6) is 0.434. The van der Waals surface area contributed by atoms with Crippen molar-refractivity contribution in [3.63, 3.8) is 0 Å². The van der Waals surface area contributed by atoms with Crippen molar-refractivity contribution >= 4 is 0 Å². The van der Waals surface area contributed by atoms with E-state index in [-0.39, 0.29) is 6.04 Å². The van der Waals surface area contributed by atoms with Gasteiger partial charge in [-0.2, -0.15) is 5.10 Å². The summed E-state index contributed by atoms with van der Waals surface area (Å²) in [5.41, 5.74) is 11.5. The Kier molecular flexibility index (Phi) is 3.83. The summed E-state index contributed by atoms with van der Waals surface area (Å²) in [6.45, 7) is 7.15. The molecule has 4 heteroatoms. The zero-order chi connectivity index (χ0) is 15.0. The largest absolute Gasteiger partial charge is 0.326 e. The molecule has 2 N–H and O–H groups in total. The van der Waals surface area contributed by atoms with Gasteiger partial charge in [0.05, 0.1) is 5.69 Å². The molecule has 0 aliphatic carbocycles. The highest BCUT2D eigenvalue weighted by Gasteiger charge is 2.31. The lowest BCUT2D eigenvalue weighted by atomic mass is 9.95. The van der Waals surface area contributed by atoms with Crippen LogP contribution < -0.4 is 5.73 Å². The van der Waals surface area contributed by atoms with E-state index in [2.05, 4.69) is 54.2 Å². The van der Waals surface area contributed by atoms with Crippen LogP contribution in [0.2, 0.25) is 0 Å². The van der Waals surface area contributed by atoms with Crippen LogP contribution in [0, 0.1) is 13.8 Å². The van der Waals surface area contributed by atoms with Gasteiger partial charge in [0.1, 0.15) is 0 Å². The zero-order valence-electron chi connectivity index (χ0n) is 13.1. The molecule has 112 valence electrons. The van der Waals surface area contributed by atoms with Gasteiger partial charge in [0, 0.05) is 49.9 Å². The molecule has 0 saturated carbocycles. The molecule has 1 aliphatic heterocycles. The summed E-state index contributed by atoms with van der Waals surface area (Å²) < 4.78 is 1.97. The van der Waals surface area contributed by atoms with Crippen LogP contribution >= 0.6 is 0 Å². The van der Waals surface area contributed by atoms with E-state index >= 15 is 0 Å². The SMILES string of the molecule is Cc1nn(C)c(C)c1CN1C[C@@H](N)[C@H](c2ccccc2)C1. The first-order valence-corrected chi connectivity index (χ1v) is 7.58. The lowest BCUT2D eigenvalue weighted by molar-refractivity contribution is 0.322. The molecule has 2 heterocycles. The number of aryl methyl sites for hydroxylation is 2. The Labute approximate surface area is 126 Å². The van der Waals surface area contributed by atoms with Crippen molar-refractivity contribution in [2.24, 2.45) is 12.8 Å². The lowest BCUT2D eigenvalue weighted by Gasteiger charge is -2.16. The van der Waals surface area contributed by atoms with E-state index in [1.54, 1.807) is 0 Å². The van der Waals surface area contributed by atoms with E-state index < -0.39 is 0 Å². The Morgan fingerprint density at radius 3 is 2.52 bits per heavy atom. The van der Waals surface area contributed by atoms with Crippen LogP contribution in [0.3, 0.4) is 0 Å². The number of hydrogen-bond acceptors (Lipinski definition) is 3. The van der Waals surface area contributed by atoms with Crippen molar-refractivity contribution < 1.29 is 0 Å². The molecule has 0 bridgehead atoms. The van der Waals surface area contributed by atoms with Crippen LogP contribution in [-0.2, 0) is 13.6 Å². The van der Waals surface area contributed by atoms with Gasteiger partial charge in [-0.05, 0) is 19.4 Å². The van der Waals surface area contributed by atoms with Crippen molar-refractivity contribution in [1.82, 2.24) is 14.7 Å². The molecule has 0 amide bonds. The Bertz CT molecular complexity index is 617. The minimum atomic E-state index is 0.213. The third-order valence-corrected chi connectivity index (χ3v) is 4.71. The van der Waals surface area contributed by atoms with E-state index in [0.29, 0.717) is 5.92 Å². The molecule has 3 rings (SSSR count). The first kappa shape index (κ1) is 14.3. The fourth-order valence-corrected chi connectivity index (χ4v) is 3.37. The molecule has 1 aromatic carbocycles. The van der Waals surface area contributed by atoms with Gasteiger partial charge in [0.15, 0.2) is 0 Å². The first-order valence-electron chi connectivity index (χ1n) is 7.58. The molecular formula is C17H24N4. The summed E-state index contributed by atoms with van der Waals surface area (Å²) in [6, 6.07) is 10.8. The van der Waals surface area contributed by atoms with Gasteiger partial charge in [0.2, 0.25) is 0 Å². The second-order valence-corrected chi connectivity index (χ2v) is 6.15. The second-order valence-electron chi connectivity index (χ2n) is 6.15. The molecule has 1 aromatic heterocycles. The molecule has 1 fully saturated rings. The average molecular weight is 284 g/mol. The summed E-state index contributed by atoms with van der Waals surface area (Å²) in [6.07, 6.45) is 0. The normalized spacial score (nSPS) is 22.9. The number of rotatable bonds is 3. The van der Waals surface area contributed by atoms with Crippen molar-refractivity contribution in [1.29, 1.82) is 0 Å². The van der Waals surface area contributed by atoms with Gasteiger partial charge in [-0.1, -0.05) is 30.3 Å². The third-order valence-electron chi connectivity index (χ3n) is 4.71. The van der Waals surface area contributed by atoms with Crippen molar-refractivity contribution in [2.45, 2.75) is 32.4 Å². The molecule has 0 radical (unpaired) electrons. The Morgan fingerprint density at radius 2 is 1.90 bits per heavy atom. The molecule has 4 nitrogen and oxygen atoms in total. The van der Waals surface area contributed by atoms with E-state index in [9.17, 15) is 0 Å². The molecule has 21 heavy (non-hydrogen) atoms. The van der Waals surface area contributed by atoms with Gasteiger partial charge in [-0.15, -0.1) is 0 Å². The summed E-state index contributed by atoms with van der Waals surface area (Å²) >= 11 is 0. The van der Waals surface area contributed by atoms with Crippen molar-refractivity contribution in [2.75, 3.05) is 13.1 Å². The molecule has 1 aliphatic rings. The van der Waals surface area contributed by atoms with Gasteiger partial charge in [0.25, 0.3) is 0 Å². The highest BCUT2D eigenvalue weighted by Crippen LogP contribution is 2.28.